The first kappa shape index (κ1) is 34.6. The molecule has 0 aliphatic rings. The van der Waals surface area contributed by atoms with Crippen LogP contribution in [0.3, 0.4) is 0 Å². The molecular weight excluding hydrogens is 715 g/mol. The Morgan fingerprint density at radius 1 is 0.322 bits per heavy atom. The zero-order chi connectivity index (χ0) is 39.3. The third-order valence-corrected chi connectivity index (χ3v) is 11.9. The highest BCUT2D eigenvalue weighted by Gasteiger charge is 2.17. The third kappa shape index (κ3) is 6.14. The van der Waals surface area contributed by atoms with Crippen LogP contribution in [-0.2, 0) is 0 Å². The average molecular weight is 754 g/mol. The molecule has 0 aliphatic carbocycles. The molecule has 0 saturated heterocycles. The van der Waals surface area contributed by atoms with Gasteiger partial charge in [-0.15, -0.1) is 0 Å². The second-order valence-corrected chi connectivity index (χ2v) is 15.3. The van der Waals surface area contributed by atoms with E-state index in [1.54, 1.807) is 0 Å². The molecule has 0 amide bonds. The van der Waals surface area contributed by atoms with E-state index in [0.29, 0.717) is 0 Å². The van der Waals surface area contributed by atoms with Crippen LogP contribution in [0.2, 0.25) is 0 Å². The topological polar surface area (TPSA) is 16.4 Å². The Balaban J connectivity index is 0.985. The summed E-state index contributed by atoms with van der Waals surface area (Å²) in [7, 11) is 0. The lowest BCUT2D eigenvalue weighted by Crippen LogP contribution is -2.09. The maximum Gasteiger partial charge on any atom is 0.138 e. The highest BCUT2D eigenvalue weighted by atomic mass is 16.3. The van der Waals surface area contributed by atoms with E-state index in [9.17, 15) is 0 Å². The SMILES string of the molecule is Cc1c(-c2cccc(-c3ccc(N(c4ccc(-c5cccc6ccccc56)cc4)c4ccc(-c5cc6ccccc6c6ccccc56)cc4)cc3)c2)oc2ccccc12. The lowest BCUT2D eigenvalue weighted by Gasteiger charge is -2.26. The minimum Gasteiger partial charge on any atom is -0.456 e. The quantitative estimate of drug-likeness (QED) is 0.151. The van der Waals surface area contributed by atoms with Gasteiger partial charge < -0.3 is 9.32 Å². The van der Waals surface area contributed by atoms with Gasteiger partial charge >= 0.3 is 0 Å². The highest BCUT2D eigenvalue weighted by molar-refractivity contribution is 6.13. The molecule has 0 saturated carbocycles. The Morgan fingerprint density at radius 3 is 1.53 bits per heavy atom. The van der Waals surface area contributed by atoms with Gasteiger partial charge in [0.1, 0.15) is 11.3 Å². The van der Waals surface area contributed by atoms with Gasteiger partial charge in [-0.05, 0) is 127 Å². The normalized spacial score (nSPS) is 11.5. The van der Waals surface area contributed by atoms with E-state index in [0.717, 1.165) is 56.0 Å². The molecule has 0 spiro atoms. The first-order valence-electron chi connectivity index (χ1n) is 20.2. The van der Waals surface area contributed by atoms with Crippen LogP contribution in [0.15, 0.2) is 223 Å². The van der Waals surface area contributed by atoms with E-state index in [2.05, 4.69) is 218 Å². The van der Waals surface area contributed by atoms with Crippen LogP contribution in [0.25, 0.3) is 88.0 Å². The predicted octanol–water partition coefficient (Wildman–Crippen LogP) is 16.3. The van der Waals surface area contributed by atoms with Crippen molar-refractivity contribution in [1.29, 1.82) is 0 Å². The van der Waals surface area contributed by atoms with Gasteiger partial charge in [0.25, 0.3) is 0 Å². The molecule has 0 N–H and O–H groups in total. The number of rotatable bonds is 7. The standard InChI is InChI=1S/C57H39NO/c1-38-49-17-8-9-23-56(49)59-57(38)45-16-10-15-43(36-45)39-24-30-46(31-25-39)58(47-32-26-41(27-33-47)51-22-11-14-40-12-2-4-18-50(40)51)48-34-28-42(29-35-48)55-37-44-13-3-5-19-52(44)53-20-6-7-21-54(53)55/h2-37H,1H3. The van der Waals surface area contributed by atoms with Crippen molar-refractivity contribution in [3.63, 3.8) is 0 Å². The van der Waals surface area contributed by atoms with E-state index in [1.807, 2.05) is 12.1 Å². The number of aryl methyl sites for hydroxylation is 1. The molecule has 0 radical (unpaired) electrons. The van der Waals surface area contributed by atoms with Gasteiger partial charge in [-0.1, -0.05) is 164 Å². The smallest absolute Gasteiger partial charge is 0.138 e. The Bertz CT molecular complexity index is 3310. The van der Waals surface area contributed by atoms with Gasteiger partial charge in [0.05, 0.1) is 0 Å². The number of hydrogen-bond donors (Lipinski definition) is 0. The Labute approximate surface area is 343 Å². The van der Waals surface area contributed by atoms with Gasteiger partial charge in [-0.2, -0.15) is 0 Å². The summed E-state index contributed by atoms with van der Waals surface area (Å²) in [5.74, 6) is 0.919. The summed E-state index contributed by atoms with van der Waals surface area (Å²) in [6, 6.07) is 78.8. The van der Waals surface area contributed by atoms with Crippen molar-refractivity contribution in [1.82, 2.24) is 0 Å². The van der Waals surface area contributed by atoms with E-state index < -0.39 is 0 Å². The van der Waals surface area contributed by atoms with Crippen LogP contribution in [0, 0.1) is 6.92 Å². The molecular formula is C57H39NO. The zero-order valence-corrected chi connectivity index (χ0v) is 32.6. The molecule has 0 aliphatic heterocycles. The van der Waals surface area contributed by atoms with Gasteiger partial charge in [-0.3, -0.25) is 0 Å². The predicted molar refractivity (Wildman–Crippen MR) is 250 cm³/mol. The summed E-state index contributed by atoms with van der Waals surface area (Å²) >= 11 is 0. The number of fused-ring (bicyclic) bond motifs is 5. The largest absolute Gasteiger partial charge is 0.456 e. The van der Waals surface area contributed by atoms with Crippen LogP contribution in [-0.4, -0.2) is 0 Å². The molecule has 2 heteroatoms. The summed E-state index contributed by atoms with van der Waals surface area (Å²) in [6.07, 6.45) is 0. The van der Waals surface area contributed by atoms with Gasteiger partial charge in [0.2, 0.25) is 0 Å². The molecule has 278 valence electrons. The minimum atomic E-state index is 0.915. The van der Waals surface area contributed by atoms with Crippen molar-refractivity contribution in [2.24, 2.45) is 0 Å². The summed E-state index contributed by atoms with van der Waals surface area (Å²) in [4.78, 5) is 2.35. The molecule has 0 bridgehead atoms. The van der Waals surface area contributed by atoms with Crippen LogP contribution in [0.5, 0.6) is 0 Å². The fourth-order valence-electron chi connectivity index (χ4n) is 8.89. The molecule has 0 unspecified atom stereocenters. The van der Waals surface area contributed by atoms with Crippen molar-refractivity contribution in [2.75, 3.05) is 4.90 Å². The molecule has 10 aromatic carbocycles. The lowest BCUT2D eigenvalue weighted by atomic mass is 9.93. The Kier molecular flexibility index (Phi) is 8.41. The number of para-hydroxylation sites is 1. The van der Waals surface area contributed by atoms with Crippen molar-refractivity contribution in [3.8, 4) is 44.7 Å². The maximum atomic E-state index is 6.35. The fraction of sp³-hybridized carbons (Fsp3) is 0.0175. The number of nitrogens with zero attached hydrogens (tertiary/aromatic N) is 1. The van der Waals surface area contributed by atoms with E-state index in [4.69, 9.17) is 4.42 Å². The number of anilines is 3. The molecule has 1 heterocycles. The maximum absolute atomic E-state index is 6.35. The summed E-state index contributed by atoms with van der Waals surface area (Å²) in [5, 5.41) is 8.71. The summed E-state index contributed by atoms with van der Waals surface area (Å²) < 4.78 is 6.35. The second-order valence-electron chi connectivity index (χ2n) is 15.3. The van der Waals surface area contributed by atoms with E-state index in [-0.39, 0.29) is 0 Å². The molecule has 59 heavy (non-hydrogen) atoms. The minimum absolute atomic E-state index is 0.915. The first-order chi connectivity index (χ1) is 29.2. The van der Waals surface area contributed by atoms with E-state index >= 15 is 0 Å². The second kappa shape index (κ2) is 14.4. The summed E-state index contributed by atoms with van der Waals surface area (Å²) in [5.41, 5.74) is 13.6. The Hall–Kier alpha value is -7.68. The number of furan rings is 1. The zero-order valence-electron chi connectivity index (χ0n) is 32.6. The molecule has 1 aromatic heterocycles. The van der Waals surface area contributed by atoms with Gasteiger partial charge in [0.15, 0.2) is 0 Å². The highest BCUT2D eigenvalue weighted by Crippen LogP contribution is 2.41. The van der Waals surface area contributed by atoms with Crippen LogP contribution < -0.4 is 4.90 Å². The lowest BCUT2D eigenvalue weighted by molar-refractivity contribution is 0.629. The van der Waals surface area contributed by atoms with Gasteiger partial charge in [-0.25, -0.2) is 0 Å². The number of benzene rings is 10. The third-order valence-electron chi connectivity index (χ3n) is 11.9. The molecule has 11 aromatic rings. The Morgan fingerprint density at radius 2 is 0.831 bits per heavy atom. The van der Waals surface area contributed by atoms with Crippen molar-refractivity contribution < 1.29 is 4.42 Å². The molecule has 2 nitrogen and oxygen atoms in total. The van der Waals surface area contributed by atoms with Gasteiger partial charge in [0, 0.05) is 33.6 Å². The van der Waals surface area contributed by atoms with Crippen LogP contribution in [0.1, 0.15) is 5.56 Å². The fourth-order valence-corrected chi connectivity index (χ4v) is 8.89. The molecule has 11 rings (SSSR count). The average Bonchev–Trinajstić information content (AvgIpc) is 3.65. The molecule has 0 atom stereocenters. The van der Waals surface area contributed by atoms with Crippen LogP contribution in [0.4, 0.5) is 17.1 Å². The van der Waals surface area contributed by atoms with E-state index in [1.165, 1.54) is 54.6 Å². The van der Waals surface area contributed by atoms with Crippen molar-refractivity contribution in [3.05, 3.63) is 224 Å². The first-order valence-corrected chi connectivity index (χ1v) is 20.2. The van der Waals surface area contributed by atoms with Crippen molar-refractivity contribution in [2.45, 2.75) is 6.92 Å². The van der Waals surface area contributed by atoms with Crippen LogP contribution >= 0.6 is 0 Å². The summed E-state index contributed by atoms with van der Waals surface area (Å²) in [6.45, 7) is 2.14. The van der Waals surface area contributed by atoms with Crippen molar-refractivity contribution >= 4 is 60.3 Å². The number of hydrogen-bond acceptors (Lipinski definition) is 2. The monoisotopic (exact) mass is 753 g/mol. The molecule has 0 fully saturated rings.